The molecule has 1 unspecified atom stereocenters. The number of aryl methyl sites for hydroxylation is 1. The van der Waals surface area contributed by atoms with Crippen molar-refractivity contribution in [3.8, 4) is 0 Å². The van der Waals surface area contributed by atoms with E-state index >= 15 is 0 Å². The monoisotopic (exact) mass is 283 g/mol. The van der Waals surface area contributed by atoms with Crippen LogP contribution in [0.1, 0.15) is 22.7 Å². The lowest BCUT2D eigenvalue weighted by Crippen LogP contribution is -2.13. The van der Waals surface area contributed by atoms with Crippen LogP contribution in [0.2, 0.25) is 10.0 Å². The SMILES string of the molecule is Cc1ccc(C(N)c2c(Cl)cccc2Cl)cc1F. The minimum absolute atomic E-state index is 0.286. The summed E-state index contributed by atoms with van der Waals surface area (Å²) in [4.78, 5) is 0. The van der Waals surface area contributed by atoms with Crippen molar-refractivity contribution in [1.82, 2.24) is 0 Å². The Morgan fingerprint density at radius 2 is 1.72 bits per heavy atom. The molecule has 0 aliphatic rings. The van der Waals surface area contributed by atoms with E-state index < -0.39 is 6.04 Å². The van der Waals surface area contributed by atoms with Gasteiger partial charge in [0.2, 0.25) is 0 Å². The molecule has 0 radical (unpaired) electrons. The van der Waals surface area contributed by atoms with Gasteiger partial charge in [-0.1, -0.05) is 41.4 Å². The summed E-state index contributed by atoms with van der Waals surface area (Å²) in [5.41, 5.74) is 7.94. The highest BCUT2D eigenvalue weighted by Gasteiger charge is 2.16. The van der Waals surface area contributed by atoms with Crippen molar-refractivity contribution in [2.75, 3.05) is 0 Å². The van der Waals surface area contributed by atoms with Crippen molar-refractivity contribution in [2.24, 2.45) is 5.73 Å². The second-order valence-electron chi connectivity index (χ2n) is 4.12. The molecule has 2 aromatic rings. The highest BCUT2D eigenvalue weighted by atomic mass is 35.5. The number of hydrogen-bond donors (Lipinski definition) is 1. The standard InChI is InChI=1S/C14H12Cl2FN/c1-8-5-6-9(7-12(8)17)14(18)13-10(15)3-2-4-11(13)16/h2-7,14H,18H2,1H3. The molecule has 0 aromatic heterocycles. The third-order valence-corrected chi connectivity index (χ3v) is 3.52. The van der Waals surface area contributed by atoms with E-state index in [4.69, 9.17) is 28.9 Å². The Labute approximate surface area is 115 Å². The van der Waals surface area contributed by atoms with E-state index in [0.29, 0.717) is 26.7 Å². The molecule has 94 valence electrons. The zero-order valence-electron chi connectivity index (χ0n) is 9.75. The van der Waals surface area contributed by atoms with Crippen molar-refractivity contribution >= 4 is 23.2 Å². The highest BCUT2D eigenvalue weighted by molar-refractivity contribution is 6.36. The van der Waals surface area contributed by atoms with Crippen LogP contribution in [0.5, 0.6) is 0 Å². The van der Waals surface area contributed by atoms with Crippen LogP contribution in [0, 0.1) is 12.7 Å². The van der Waals surface area contributed by atoms with Crippen molar-refractivity contribution < 1.29 is 4.39 Å². The molecule has 0 spiro atoms. The molecule has 0 saturated heterocycles. The van der Waals surface area contributed by atoms with Gasteiger partial charge in [-0.05, 0) is 36.2 Å². The van der Waals surface area contributed by atoms with Gasteiger partial charge >= 0.3 is 0 Å². The fraction of sp³-hybridized carbons (Fsp3) is 0.143. The lowest BCUT2D eigenvalue weighted by Gasteiger charge is -2.16. The molecule has 2 N–H and O–H groups in total. The van der Waals surface area contributed by atoms with Gasteiger partial charge in [0.1, 0.15) is 5.82 Å². The number of halogens is 3. The zero-order valence-corrected chi connectivity index (χ0v) is 11.3. The first-order chi connectivity index (χ1) is 8.50. The van der Waals surface area contributed by atoms with Crippen LogP contribution >= 0.6 is 23.2 Å². The van der Waals surface area contributed by atoms with E-state index in [1.165, 1.54) is 6.07 Å². The van der Waals surface area contributed by atoms with E-state index in [1.54, 1.807) is 37.3 Å². The Bertz CT molecular complexity index is 564. The second-order valence-corrected chi connectivity index (χ2v) is 4.94. The number of nitrogens with two attached hydrogens (primary N) is 1. The maximum absolute atomic E-state index is 13.5. The molecular formula is C14H12Cl2FN. The molecule has 0 saturated carbocycles. The molecule has 0 bridgehead atoms. The Morgan fingerprint density at radius 3 is 2.28 bits per heavy atom. The summed E-state index contributed by atoms with van der Waals surface area (Å²) < 4.78 is 13.5. The summed E-state index contributed by atoms with van der Waals surface area (Å²) in [6.07, 6.45) is 0. The van der Waals surface area contributed by atoms with Gasteiger partial charge < -0.3 is 5.73 Å². The van der Waals surface area contributed by atoms with E-state index in [2.05, 4.69) is 0 Å². The minimum Gasteiger partial charge on any atom is -0.320 e. The van der Waals surface area contributed by atoms with Crippen LogP contribution in [-0.2, 0) is 0 Å². The van der Waals surface area contributed by atoms with Crippen LogP contribution in [0.15, 0.2) is 36.4 Å². The van der Waals surface area contributed by atoms with Gasteiger partial charge in [-0.2, -0.15) is 0 Å². The number of benzene rings is 2. The summed E-state index contributed by atoms with van der Waals surface area (Å²) >= 11 is 12.2. The fourth-order valence-electron chi connectivity index (χ4n) is 1.78. The van der Waals surface area contributed by atoms with E-state index in [-0.39, 0.29) is 5.82 Å². The van der Waals surface area contributed by atoms with Crippen LogP contribution in [-0.4, -0.2) is 0 Å². The summed E-state index contributed by atoms with van der Waals surface area (Å²) in [6.45, 7) is 1.70. The Balaban J connectivity index is 2.48. The van der Waals surface area contributed by atoms with Gasteiger partial charge in [-0.15, -0.1) is 0 Å². The lowest BCUT2D eigenvalue weighted by atomic mass is 9.98. The maximum atomic E-state index is 13.5. The average molecular weight is 284 g/mol. The Hall–Kier alpha value is -1.09. The third-order valence-electron chi connectivity index (χ3n) is 2.87. The molecule has 1 atom stereocenters. The summed E-state index contributed by atoms with van der Waals surface area (Å²) in [5, 5.41) is 0.965. The zero-order chi connectivity index (χ0) is 13.3. The minimum atomic E-state index is -0.540. The van der Waals surface area contributed by atoms with Gasteiger partial charge in [-0.25, -0.2) is 4.39 Å². The van der Waals surface area contributed by atoms with Gasteiger partial charge in [-0.3, -0.25) is 0 Å². The molecule has 18 heavy (non-hydrogen) atoms. The van der Waals surface area contributed by atoms with Gasteiger partial charge in [0, 0.05) is 15.6 Å². The normalized spacial score (nSPS) is 12.5. The first-order valence-corrected chi connectivity index (χ1v) is 6.22. The molecule has 4 heteroatoms. The largest absolute Gasteiger partial charge is 0.320 e. The predicted molar refractivity (Wildman–Crippen MR) is 73.6 cm³/mol. The maximum Gasteiger partial charge on any atom is 0.126 e. The van der Waals surface area contributed by atoms with Gasteiger partial charge in [0.25, 0.3) is 0 Å². The van der Waals surface area contributed by atoms with E-state index in [9.17, 15) is 4.39 Å². The van der Waals surface area contributed by atoms with Crippen LogP contribution in [0.3, 0.4) is 0 Å². The Morgan fingerprint density at radius 1 is 1.11 bits per heavy atom. The van der Waals surface area contributed by atoms with Gasteiger partial charge in [0.15, 0.2) is 0 Å². The smallest absolute Gasteiger partial charge is 0.126 e. The lowest BCUT2D eigenvalue weighted by molar-refractivity contribution is 0.614. The average Bonchev–Trinajstić information content (AvgIpc) is 2.32. The first kappa shape index (κ1) is 13.3. The molecule has 1 nitrogen and oxygen atoms in total. The van der Waals surface area contributed by atoms with Crippen molar-refractivity contribution in [1.29, 1.82) is 0 Å². The van der Waals surface area contributed by atoms with Crippen molar-refractivity contribution in [2.45, 2.75) is 13.0 Å². The number of rotatable bonds is 2. The van der Waals surface area contributed by atoms with E-state index in [0.717, 1.165) is 0 Å². The van der Waals surface area contributed by atoms with Crippen LogP contribution in [0.25, 0.3) is 0 Å². The fourth-order valence-corrected chi connectivity index (χ4v) is 2.41. The quantitative estimate of drug-likeness (QED) is 0.864. The molecule has 0 heterocycles. The molecule has 0 aliphatic carbocycles. The van der Waals surface area contributed by atoms with Crippen molar-refractivity contribution in [3.05, 3.63) is 69.0 Å². The molecular weight excluding hydrogens is 272 g/mol. The predicted octanol–water partition coefficient (Wildman–Crippen LogP) is 4.49. The van der Waals surface area contributed by atoms with Crippen LogP contribution in [0.4, 0.5) is 4.39 Å². The molecule has 2 rings (SSSR count). The molecule has 0 fully saturated rings. The number of hydrogen-bond acceptors (Lipinski definition) is 1. The molecule has 0 aliphatic heterocycles. The second kappa shape index (κ2) is 5.27. The first-order valence-electron chi connectivity index (χ1n) is 5.46. The summed E-state index contributed by atoms with van der Waals surface area (Å²) in [5.74, 6) is -0.286. The Kier molecular flexibility index (Phi) is 3.91. The summed E-state index contributed by atoms with van der Waals surface area (Å²) in [6, 6.07) is 9.52. The van der Waals surface area contributed by atoms with Gasteiger partial charge in [0.05, 0.1) is 6.04 Å². The van der Waals surface area contributed by atoms with E-state index in [1.807, 2.05) is 0 Å². The topological polar surface area (TPSA) is 26.0 Å². The van der Waals surface area contributed by atoms with Crippen molar-refractivity contribution in [3.63, 3.8) is 0 Å². The summed E-state index contributed by atoms with van der Waals surface area (Å²) in [7, 11) is 0. The third kappa shape index (κ3) is 2.51. The molecule has 2 aromatic carbocycles. The highest BCUT2D eigenvalue weighted by Crippen LogP contribution is 2.32. The van der Waals surface area contributed by atoms with Crippen LogP contribution < -0.4 is 5.73 Å². The molecule has 0 amide bonds.